The molecule has 2 rings (SSSR count). The average Bonchev–Trinajstić information content (AvgIpc) is 2.86. The Labute approximate surface area is 117 Å². The first-order valence-corrected chi connectivity index (χ1v) is 6.61. The number of nitrogens with zero attached hydrogens (tertiary/aromatic N) is 2. The molecule has 0 fully saturated rings. The molecule has 4 nitrogen and oxygen atoms in total. The molecule has 0 bridgehead atoms. The lowest BCUT2D eigenvalue weighted by atomic mass is 10.1. The first kappa shape index (κ1) is 14.5. The molecule has 0 saturated heterocycles. The van der Waals surface area contributed by atoms with Gasteiger partial charge in [-0.25, -0.2) is 4.39 Å². The average molecular weight is 278 g/mol. The van der Waals surface area contributed by atoms with Gasteiger partial charge in [0.15, 0.2) is 0 Å². The van der Waals surface area contributed by atoms with Crippen LogP contribution in [0.2, 0.25) is 0 Å². The molecule has 0 aliphatic carbocycles. The quantitative estimate of drug-likeness (QED) is 0.913. The van der Waals surface area contributed by atoms with Gasteiger partial charge in [0.1, 0.15) is 18.2 Å². The number of benzene rings is 1. The summed E-state index contributed by atoms with van der Waals surface area (Å²) in [5.41, 5.74) is 1.23. The number of hydrogen-bond acceptors (Lipinski definition) is 3. The van der Waals surface area contributed by atoms with Crippen molar-refractivity contribution < 1.29 is 14.2 Å². The van der Waals surface area contributed by atoms with Gasteiger partial charge in [0.05, 0.1) is 11.8 Å². The van der Waals surface area contributed by atoms with Crippen molar-refractivity contribution in [2.45, 2.75) is 39.5 Å². The van der Waals surface area contributed by atoms with E-state index in [2.05, 4.69) is 5.10 Å². The van der Waals surface area contributed by atoms with Crippen molar-refractivity contribution in [1.82, 2.24) is 9.78 Å². The van der Waals surface area contributed by atoms with Crippen LogP contribution in [0.5, 0.6) is 5.75 Å². The Morgan fingerprint density at radius 3 is 2.65 bits per heavy atom. The first-order chi connectivity index (χ1) is 9.47. The highest BCUT2D eigenvalue weighted by Gasteiger charge is 2.11. The molecule has 1 aromatic carbocycles. The van der Waals surface area contributed by atoms with Gasteiger partial charge in [-0.15, -0.1) is 0 Å². The SMILES string of the molecule is CC(C)n1ccc(COc2ccc(F)cc2[C@@H](C)O)n1. The normalized spacial score (nSPS) is 12.7. The van der Waals surface area contributed by atoms with Crippen molar-refractivity contribution in [3.05, 3.63) is 47.5 Å². The topological polar surface area (TPSA) is 47.3 Å². The second kappa shape index (κ2) is 6.05. The Balaban J connectivity index is 2.10. The molecule has 0 saturated carbocycles. The highest BCUT2D eigenvalue weighted by molar-refractivity contribution is 5.35. The van der Waals surface area contributed by atoms with E-state index in [4.69, 9.17) is 4.74 Å². The summed E-state index contributed by atoms with van der Waals surface area (Å²) in [4.78, 5) is 0. The smallest absolute Gasteiger partial charge is 0.132 e. The molecule has 2 aromatic rings. The minimum Gasteiger partial charge on any atom is -0.487 e. The van der Waals surface area contributed by atoms with Crippen molar-refractivity contribution in [2.24, 2.45) is 0 Å². The summed E-state index contributed by atoms with van der Waals surface area (Å²) >= 11 is 0. The molecule has 0 spiro atoms. The molecule has 5 heteroatoms. The summed E-state index contributed by atoms with van der Waals surface area (Å²) < 4.78 is 20.7. The minimum absolute atomic E-state index is 0.283. The van der Waals surface area contributed by atoms with Crippen LogP contribution < -0.4 is 4.74 Å². The fourth-order valence-corrected chi connectivity index (χ4v) is 1.87. The van der Waals surface area contributed by atoms with E-state index in [1.807, 2.05) is 30.8 Å². The Kier molecular flexibility index (Phi) is 4.39. The predicted molar refractivity (Wildman–Crippen MR) is 74.0 cm³/mol. The van der Waals surface area contributed by atoms with Gasteiger partial charge in [0, 0.05) is 17.8 Å². The van der Waals surface area contributed by atoms with E-state index >= 15 is 0 Å². The lowest BCUT2D eigenvalue weighted by Crippen LogP contribution is -2.05. The van der Waals surface area contributed by atoms with Gasteiger partial charge in [-0.2, -0.15) is 5.10 Å². The maximum absolute atomic E-state index is 13.2. The standard InChI is InChI=1S/C15H19FN2O2/c1-10(2)18-7-6-13(17-18)9-20-15-5-4-12(16)8-14(15)11(3)19/h4-8,10-11,19H,9H2,1-3H3/t11-/m1/s1. The minimum atomic E-state index is -0.783. The Bertz CT molecular complexity index is 579. The highest BCUT2D eigenvalue weighted by atomic mass is 19.1. The fourth-order valence-electron chi connectivity index (χ4n) is 1.87. The maximum Gasteiger partial charge on any atom is 0.132 e. The van der Waals surface area contributed by atoms with Crippen LogP contribution in [0.3, 0.4) is 0 Å². The van der Waals surface area contributed by atoms with E-state index in [1.54, 1.807) is 6.92 Å². The second-order valence-corrected chi connectivity index (χ2v) is 5.03. The number of ether oxygens (including phenoxy) is 1. The zero-order valence-electron chi connectivity index (χ0n) is 11.9. The first-order valence-electron chi connectivity index (χ1n) is 6.61. The van der Waals surface area contributed by atoms with Gasteiger partial charge in [0.2, 0.25) is 0 Å². The van der Waals surface area contributed by atoms with Crippen LogP contribution >= 0.6 is 0 Å². The number of halogens is 1. The predicted octanol–water partition coefficient (Wildman–Crippen LogP) is 3.24. The molecular weight excluding hydrogens is 259 g/mol. The van der Waals surface area contributed by atoms with E-state index in [1.165, 1.54) is 18.2 Å². The van der Waals surface area contributed by atoms with Crippen LogP contribution in [-0.4, -0.2) is 14.9 Å². The number of aromatic nitrogens is 2. The molecule has 0 radical (unpaired) electrons. The summed E-state index contributed by atoms with van der Waals surface area (Å²) in [5, 5.41) is 14.0. The summed E-state index contributed by atoms with van der Waals surface area (Å²) in [6, 6.07) is 6.30. The third kappa shape index (κ3) is 3.36. The van der Waals surface area contributed by atoms with Crippen molar-refractivity contribution in [2.75, 3.05) is 0 Å². The maximum atomic E-state index is 13.2. The molecule has 0 aliphatic heterocycles. The van der Waals surface area contributed by atoms with Crippen LogP contribution in [0.1, 0.15) is 44.2 Å². The molecule has 1 heterocycles. The van der Waals surface area contributed by atoms with Gasteiger partial charge in [-0.1, -0.05) is 0 Å². The molecule has 20 heavy (non-hydrogen) atoms. The lowest BCUT2D eigenvalue weighted by molar-refractivity contribution is 0.189. The van der Waals surface area contributed by atoms with Crippen LogP contribution in [0.15, 0.2) is 30.5 Å². The number of aliphatic hydroxyl groups is 1. The van der Waals surface area contributed by atoms with E-state index in [0.29, 0.717) is 17.4 Å². The number of aliphatic hydroxyl groups excluding tert-OH is 1. The fraction of sp³-hybridized carbons (Fsp3) is 0.400. The lowest BCUT2D eigenvalue weighted by Gasteiger charge is -2.12. The Hall–Kier alpha value is -1.88. The summed E-state index contributed by atoms with van der Waals surface area (Å²) in [7, 11) is 0. The molecule has 0 amide bonds. The molecule has 0 unspecified atom stereocenters. The van der Waals surface area contributed by atoms with Crippen LogP contribution in [-0.2, 0) is 6.61 Å². The molecule has 1 N–H and O–H groups in total. The van der Waals surface area contributed by atoms with Crippen LogP contribution in [0, 0.1) is 5.82 Å². The molecule has 108 valence electrons. The monoisotopic (exact) mass is 278 g/mol. The van der Waals surface area contributed by atoms with Gasteiger partial charge < -0.3 is 9.84 Å². The number of rotatable bonds is 5. The Morgan fingerprint density at radius 2 is 2.05 bits per heavy atom. The van der Waals surface area contributed by atoms with E-state index in [-0.39, 0.29) is 6.61 Å². The molecule has 1 aromatic heterocycles. The van der Waals surface area contributed by atoms with Crippen molar-refractivity contribution in [3.8, 4) is 5.75 Å². The molecule has 0 aliphatic rings. The molecule has 1 atom stereocenters. The van der Waals surface area contributed by atoms with Crippen molar-refractivity contribution in [3.63, 3.8) is 0 Å². The van der Waals surface area contributed by atoms with E-state index < -0.39 is 11.9 Å². The highest BCUT2D eigenvalue weighted by Crippen LogP contribution is 2.26. The van der Waals surface area contributed by atoms with Gasteiger partial charge in [-0.3, -0.25) is 4.68 Å². The third-order valence-electron chi connectivity index (χ3n) is 2.99. The van der Waals surface area contributed by atoms with Gasteiger partial charge in [0.25, 0.3) is 0 Å². The second-order valence-electron chi connectivity index (χ2n) is 5.03. The Morgan fingerprint density at radius 1 is 1.30 bits per heavy atom. The van der Waals surface area contributed by atoms with Crippen LogP contribution in [0.4, 0.5) is 4.39 Å². The third-order valence-corrected chi connectivity index (χ3v) is 2.99. The van der Waals surface area contributed by atoms with E-state index in [9.17, 15) is 9.50 Å². The van der Waals surface area contributed by atoms with Crippen molar-refractivity contribution in [1.29, 1.82) is 0 Å². The summed E-state index contributed by atoms with van der Waals surface area (Å²) in [6.45, 7) is 5.95. The van der Waals surface area contributed by atoms with Gasteiger partial charge in [-0.05, 0) is 45.0 Å². The van der Waals surface area contributed by atoms with Gasteiger partial charge >= 0.3 is 0 Å². The van der Waals surface area contributed by atoms with E-state index in [0.717, 1.165) is 5.69 Å². The molecular formula is C15H19FN2O2. The zero-order chi connectivity index (χ0) is 14.7. The zero-order valence-corrected chi connectivity index (χ0v) is 11.9. The summed E-state index contributed by atoms with van der Waals surface area (Å²) in [6.07, 6.45) is 1.11. The van der Waals surface area contributed by atoms with Crippen molar-refractivity contribution >= 4 is 0 Å². The number of hydrogen-bond donors (Lipinski definition) is 1. The summed E-state index contributed by atoms with van der Waals surface area (Å²) in [5.74, 6) is 0.0813. The van der Waals surface area contributed by atoms with Crippen LogP contribution in [0.25, 0.3) is 0 Å². The largest absolute Gasteiger partial charge is 0.487 e.